The first kappa shape index (κ1) is 12.8. The second-order valence-corrected chi connectivity index (χ2v) is 4.86. The van der Waals surface area contributed by atoms with E-state index in [4.69, 9.17) is 10.5 Å². The Hall–Kier alpha value is -1.62. The molecule has 5 heteroatoms. The molecule has 2 rings (SSSR count). The molecular formula is C13H19N3O2. The minimum Gasteiger partial charge on any atom is -0.385 e. The lowest BCUT2D eigenvalue weighted by Gasteiger charge is -2.15. The molecule has 0 spiro atoms. The minimum atomic E-state index is -0.149. The van der Waals surface area contributed by atoms with Crippen LogP contribution >= 0.6 is 0 Å². The van der Waals surface area contributed by atoms with Gasteiger partial charge in [0.2, 0.25) is 0 Å². The topological polar surface area (TPSA) is 77.2 Å². The molecule has 1 saturated carbocycles. The molecular weight excluding hydrogens is 230 g/mol. The molecule has 98 valence electrons. The lowest BCUT2D eigenvalue weighted by molar-refractivity contribution is 0.0938. The molecule has 1 aromatic heterocycles. The molecule has 0 unspecified atom stereocenters. The van der Waals surface area contributed by atoms with Gasteiger partial charge >= 0.3 is 0 Å². The van der Waals surface area contributed by atoms with E-state index >= 15 is 0 Å². The van der Waals surface area contributed by atoms with E-state index in [0.717, 1.165) is 25.9 Å². The van der Waals surface area contributed by atoms with Crippen molar-refractivity contribution in [2.24, 2.45) is 5.41 Å². The summed E-state index contributed by atoms with van der Waals surface area (Å²) in [5.41, 5.74) is 6.35. The van der Waals surface area contributed by atoms with Gasteiger partial charge in [-0.1, -0.05) is 0 Å². The summed E-state index contributed by atoms with van der Waals surface area (Å²) in [6.07, 6.45) is 4.87. The molecule has 1 amide bonds. The van der Waals surface area contributed by atoms with Gasteiger partial charge in [0.25, 0.3) is 5.91 Å². The average Bonchev–Trinajstić information content (AvgIpc) is 3.15. The fourth-order valence-corrected chi connectivity index (χ4v) is 1.98. The Kier molecular flexibility index (Phi) is 3.81. The summed E-state index contributed by atoms with van der Waals surface area (Å²) < 4.78 is 5.09. The standard InChI is InChI=1S/C13H19N3O2/c1-18-8-6-13(4-5-13)9-16-12(17)10-3-2-7-15-11(10)14/h2-3,7H,4-6,8-9H2,1H3,(H2,14,15)(H,16,17). The maximum atomic E-state index is 12.0. The zero-order valence-electron chi connectivity index (χ0n) is 10.6. The van der Waals surface area contributed by atoms with Gasteiger partial charge in [-0.3, -0.25) is 4.79 Å². The van der Waals surface area contributed by atoms with Crippen LogP contribution in [0.5, 0.6) is 0 Å². The predicted octanol–water partition coefficient (Wildman–Crippen LogP) is 1.21. The van der Waals surface area contributed by atoms with Gasteiger partial charge in [0.05, 0.1) is 5.56 Å². The molecule has 0 saturated heterocycles. The quantitative estimate of drug-likeness (QED) is 0.794. The normalized spacial score (nSPS) is 16.3. The Labute approximate surface area is 107 Å². The van der Waals surface area contributed by atoms with Crippen LogP contribution in [0.3, 0.4) is 0 Å². The maximum absolute atomic E-state index is 12.0. The summed E-state index contributed by atoms with van der Waals surface area (Å²) in [6.45, 7) is 1.43. The summed E-state index contributed by atoms with van der Waals surface area (Å²) in [7, 11) is 1.70. The second kappa shape index (κ2) is 5.35. The van der Waals surface area contributed by atoms with E-state index in [2.05, 4.69) is 10.3 Å². The lowest BCUT2D eigenvalue weighted by atomic mass is 10.0. The van der Waals surface area contributed by atoms with Crippen LogP contribution < -0.4 is 11.1 Å². The first-order valence-electron chi connectivity index (χ1n) is 6.14. The van der Waals surface area contributed by atoms with E-state index in [0.29, 0.717) is 12.1 Å². The number of pyridine rings is 1. The molecule has 1 aliphatic rings. The molecule has 0 atom stereocenters. The van der Waals surface area contributed by atoms with E-state index in [1.807, 2.05) is 0 Å². The average molecular weight is 249 g/mol. The Morgan fingerprint density at radius 3 is 3.00 bits per heavy atom. The van der Waals surface area contributed by atoms with Gasteiger partial charge in [0.15, 0.2) is 0 Å². The van der Waals surface area contributed by atoms with Gasteiger partial charge in [-0.05, 0) is 36.8 Å². The highest BCUT2D eigenvalue weighted by atomic mass is 16.5. The smallest absolute Gasteiger partial charge is 0.255 e. The van der Waals surface area contributed by atoms with Crippen molar-refractivity contribution < 1.29 is 9.53 Å². The van der Waals surface area contributed by atoms with E-state index in [1.165, 1.54) is 0 Å². The van der Waals surface area contributed by atoms with Crippen LogP contribution in [-0.4, -0.2) is 31.2 Å². The molecule has 3 N–H and O–H groups in total. The molecule has 0 aliphatic heterocycles. The molecule has 1 fully saturated rings. The largest absolute Gasteiger partial charge is 0.385 e. The summed E-state index contributed by atoms with van der Waals surface area (Å²) in [5.74, 6) is 0.126. The van der Waals surface area contributed by atoms with Gasteiger partial charge in [0.1, 0.15) is 5.82 Å². The zero-order valence-corrected chi connectivity index (χ0v) is 10.6. The van der Waals surface area contributed by atoms with Crippen LogP contribution in [0.1, 0.15) is 29.6 Å². The number of aromatic nitrogens is 1. The van der Waals surface area contributed by atoms with E-state index < -0.39 is 0 Å². The fourth-order valence-electron chi connectivity index (χ4n) is 1.98. The van der Waals surface area contributed by atoms with E-state index in [9.17, 15) is 4.79 Å². The van der Waals surface area contributed by atoms with Crippen LogP contribution in [0.25, 0.3) is 0 Å². The van der Waals surface area contributed by atoms with Crippen molar-refractivity contribution in [2.75, 3.05) is 26.0 Å². The number of nitrogens with zero attached hydrogens (tertiary/aromatic N) is 1. The van der Waals surface area contributed by atoms with Gasteiger partial charge in [0, 0.05) is 26.5 Å². The number of nitrogens with two attached hydrogens (primary N) is 1. The number of nitrogen functional groups attached to an aromatic ring is 1. The number of hydrogen-bond acceptors (Lipinski definition) is 4. The van der Waals surface area contributed by atoms with Crippen LogP contribution in [0.4, 0.5) is 5.82 Å². The third kappa shape index (κ3) is 2.98. The number of rotatable bonds is 6. The first-order valence-corrected chi connectivity index (χ1v) is 6.14. The Morgan fingerprint density at radius 2 is 2.39 bits per heavy atom. The van der Waals surface area contributed by atoms with Gasteiger partial charge in [-0.2, -0.15) is 0 Å². The first-order chi connectivity index (χ1) is 8.67. The lowest BCUT2D eigenvalue weighted by Crippen LogP contribution is -2.31. The summed E-state index contributed by atoms with van der Waals surface area (Å²) in [4.78, 5) is 15.9. The Balaban J connectivity index is 1.87. The number of methoxy groups -OCH3 is 1. The monoisotopic (exact) mass is 249 g/mol. The van der Waals surface area contributed by atoms with Crippen molar-refractivity contribution in [1.82, 2.24) is 10.3 Å². The van der Waals surface area contributed by atoms with Crippen LogP contribution in [-0.2, 0) is 4.74 Å². The maximum Gasteiger partial charge on any atom is 0.255 e. The predicted molar refractivity (Wildman–Crippen MR) is 69.1 cm³/mol. The van der Waals surface area contributed by atoms with Crippen molar-refractivity contribution in [3.63, 3.8) is 0 Å². The van der Waals surface area contributed by atoms with Crippen molar-refractivity contribution in [1.29, 1.82) is 0 Å². The van der Waals surface area contributed by atoms with Crippen LogP contribution in [0.15, 0.2) is 18.3 Å². The number of anilines is 1. The number of carbonyl (C=O) groups excluding carboxylic acids is 1. The van der Waals surface area contributed by atoms with Gasteiger partial charge < -0.3 is 15.8 Å². The summed E-state index contributed by atoms with van der Waals surface area (Å²) in [6, 6.07) is 3.40. The van der Waals surface area contributed by atoms with Crippen molar-refractivity contribution in [2.45, 2.75) is 19.3 Å². The second-order valence-electron chi connectivity index (χ2n) is 4.86. The van der Waals surface area contributed by atoms with Crippen molar-refractivity contribution in [3.05, 3.63) is 23.9 Å². The van der Waals surface area contributed by atoms with Gasteiger partial charge in [-0.15, -0.1) is 0 Å². The molecule has 0 aromatic carbocycles. The SMILES string of the molecule is COCCC1(CNC(=O)c2cccnc2N)CC1. The fraction of sp³-hybridized carbons (Fsp3) is 0.538. The highest BCUT2D eigenvalue weighted by Gasteiger charge is 2.42. The molecule has 1 aliphatic carbocycles. The van der Waals surface area contributed by atoms with Gasteiger partial charge in [-0.25, -0.2) is 4.98 Å². The third-order valence-corrected chi connectivity index (χ3v) is 3.50. The summed E-state index contributed by atoms with van der Waals surface area (Å²) >= 11 is 0. The number of amides is 1. The molecule has 18 heavy (non-hydrogen) atoms. The van der Waals surface area contributed by atoms with Crippen molar-refractivity contribution >= 4 is 11.7 Å². The van der Waals surface area contributed by atoms with Crippen LogP contribution in [0.2, 0.25) is 0 Å². The molecule has 0 bridgehead atoms. The number of nitrogens with one attached hydrogen (secondary N) is 1. The number of carbonyl (C=O) groups is 1. The number of hydrogen-bond donors (Lipinski definition) is 2. The third-order valence-electron chi connectivity index (χ3n) is 3.50. The highest BCUT2D eigenvalue weighted by molar-refractivity contribution is 5.98. The Bertz CT molecular complexity index is 430. The van der Waals surface area contributed by atoms with Crippen molar-refractivity contribution in [3.8, 4) is 0 Å². The molecule has 5 nitrogen and oxygen atoms in total. The Morgan fingerprint density at radius 1 is 1.61 bits per heavy atom. The highest BCUT2D eigenvalue weighted by Crippen LogP contribution is 2.48. The van der Waals surface area contributed by atoms with Crippen LogP contribution in [0, 0.1) is 5.41 Å². The molecule has 1 heterocycles. The minimum absolute atomic E-state index is 0.149. The van der Waals surface area contributed by atoms with E-state index in [-0.39, 0.29) is 17.1 Å². The number of ether oxygens (including phenoxy) is 1. The molecule has 0 radical (unpaired) electrons. The molecule has 1 aromatic rings. The van der Waals surface area contributed by atoms with E-state index in [1.54, 1.807) is 25.4 Å². The summed E-state index contributed by atoms with van der Waals surface area (Å²) in [5, 5.41) is 2.94. The zero-order chi connectivity index (χ0) is 13.0.